The third-order valence-electron chi connectivity index (χ3n) is 2.30. The first-order valence-corrected chi connectivity index (χ1v) is 5.24. The van der Waals surface area contributed by atoms with Crippen LogP contribution in [-0.2, 0) is 0 Å². The first kappa shape index (κ1) is 11.1. The molecule has 0 atom stereocenters. The van der Waals surface area contributed by atoms with Crippen LogP contribution in [0.15, 0.2) is 42.7 Å². The zero-order valence-electron chi connectivity index (χ0n) is 9.47. The van der Waals surface area contributed by atoms with E-state index in [-0.39, 0.29) is 5.91 Å². The molecule has 0 unspecified atom stereocenters. The molecule has 0 saturated heterocycles. The number of carbonyl (C=O) groups is 1. The monoisotopic (exact) mass is 227 g/mol. The van der Waals surface area contributed by atoms with Crippen LogP contribution in [0.3, 0.4) is 0 Å². The predicted octanol–water partition coefficient (Wildman–Crippen LogP) is 2.22. The van der Waals surface area contributed by atoms with E-state index in [9.17, 15) is 4.79 Å². The average molecular weight is 227 g/mol. The van der Waals surface area contributed by atoms with E-state index in [4.69, 9.17) is 5.73 Å². The summed E-state index contributed by atoms with van der Waals surface area (Å²) in [5.74, 6) is -0.174. The highest BCUT2D eigenvalue weighted by molar-refractivity contribution is 6.04. The molecule has 1 heterocycles. The molecule has 0 spiro atoms. The van der Waals surface area contributed by atoms with Crippen LogP contribution >= 0.6 is 0 Å². The lowest BCUT2D eigenvalue weighted by atomic mass is 10.1. The molecular formula is C13H13N3O. The van der Waals surface area contributed by atoms with E-state index in [1.807, 2.05) is 13.0 Å². The van der Waals surface area contributed by atoms with Crippen LogP contribution in [0.25, 0.3) is 0 Å². The van der Waals surface area contributed by atoms with E-state index < -0.39 is 0 Å². The molecule has 0 aliphatic carbocycles. The first-order chi connectivity index (χ1) is 8.15. The van der Waals surface area contributed by atoms with Crippen LogP contribution in [0.2, 0.25) is 0 Å². The molecule has 86 valence electrons. The van der Waals surface area contributed by atoms with Crippen molar-refractivity contribution in [3.8, 4) is 0 Å². The minimum Gasteiger partial charge on any atom is -0.399 e. The summed E-state index contributed by atoms with van der Waals surface area (Å²) in [4.78, 5) is 15.8. The third kappa shape index (κ3) is 2.81. The number of rotatable bonds is 2. The van der Waals surface area contributed by atoms with Gasteiger partial charge in [0, 0.05) is 29.3 Å². The minimum absolute atomic E-state index is 0.174. The molecule has 17 heavy (non-hydrogen) atoms. The van der Waals surface area contributed by atoms with Gasteiger partial charge in [0.05, 0.1) is 0 Å². The molecule has 0 fully saturated rings. The summed E-state index contributed by atoms with van der Waals surface area (Å²) >= 11 is 0. The number of anilines is 2. The second kappa shape index (κ2) is 4.65. The lowest BCUT2D eigenvalue weighted by molar-refractivity contribution is 0.102. The second-order valence-electron chi connectivity index (χ2n) is 3.82. The molecule has 4 heteroatoms. The molecule has 1 amide bonds. The van der Waals surface area contributed by atoms with Gasteiger partial charge in [0.2, 0.25) is 0 Å². The molecule has 1 aromatic heterocycles. The summed E-state index contributed by atoms with van der Waals surface area (Å²) in [6.07, 6.45) is 3.25. The number of pyridine rings is 1. The van der Waals surface area contributed by atoms with Gasteiger partial charge in [-0.2, -0.15) is 0 Å². The van der Waals surface area contributed by atoms with Gasteiger partial charge in [0.15, 0.2) is 0 Å². The largest absolute Gasteiger partial charge is 0.399 e. The average Bonchev–Trinajstić information content (AvgIpc) is 2.29. The number of benzene rings is 1. The van der Waals surface area contributed by atoms with Crippen LogP contribution in [0.4, 0.5) is 11.4 Å². The lowest BCUT2D eigenvalue weighted by Gasteiger charge is -2.06. The van der Waals surface area contributed by atoms with Gasteiger partial charge in [-0.05, 0) is 42.8 Å². The highest BCUT2D eigenvalue weighted by Crippen LogP contribution is 2.13. The number of nitrogen functional groups attached to an aromatic ring is 1. The topological polar surface area (TPSA) is 68.0 Å². The highest BCUT2D eigenvalue weighted by Gasteiger charge is 2.06. The van der Waals surface area contributed by atoms with Crippen LogP contribution in [0, 0.1) is 6.92 Å². The number of hydrogen-bond acceptors (Lipinski definition) is 3. The summed E-state index contributed by atoms with van der Waals surface area (Å²) in [5, 5.41) is 2.78. The van der Waals surface area contributed by atoms with Crippen LogP contribution < -0.4 is 11.1 Å². The van der Waals surface area contributed by atoms with Crippen molar-refractivity contribution in [2.24, 2.45) is 0 Å². The molecule has 3 N–H and O–H groups in total. The number of hydrogen-bond donors (Lipinski definition) is 2. The maximum absolute atomic E-state index is 11.9. The Hall–Kier alpha value is -2.36. The summed E-state index contributed by atoms with van der Waals surface area (Å²) in [5.41, 5.74) is 8.52. The second-order valence-corrected chi connectivity index (χ2v) is 3.82. The predicted molar refractivity (Wildman–Crippen MR) is 67.8 cm³/mol. The molecule has 2 rings (SSSR count). The maximum Gasteiger partial charge on any atom is 0.255 e. The molecule has 0 aliphatic heterocycles. The Bertz CT molecular complexity index is 517. The van der Waals surface area contributed by atoms with Gasteiger partial charge >= 0.3 is 0 Å². The molecular weight excluding hydrogens is 214 g/mol. The van der Waals surface area contributed by atoms with Crippen LogP contribution in [0.5, 0.6) is 0 Å². The maximum atomic E-state index is 11.9. The number of nitrogens with one attached hydrogen (secondary N) is 1. The smallest absolute Gasteiger partial charge is 0.255 e. The molecule has 1 aromatic carbocycles. The summed E-state index contributed by atoms with van der Waals surface area (Å²) in [6.45, 7) is 1.90. The van der Waals surface area contributed by atoms with E-state index >= 15 is 0 Å². The lowest BCUT2D eigenvalue weighted by Crippen LogP contribution is -2.12. The van der Waals surface area contributed by atoms with Crippen molar-refractivity contribution in [2.75, 3.05) is 11.1 Å². The van der Waals surface area contributed by atoms with E-state index in [1.54, 1.807) is 36.7 Å². The van der Waals surface area contributed by atoms with Gasteiger partial charge in [-0.25, -0.2) is 0 Å². The number of carbonyl (C=O) groups excluding carboxylic acids is 1. The minimum atomic E-state index is -0.174. The fourth-order valence-electron chi connectivity index (χ4n) is 1.58. The Morgan fingerprint density at radius 2 is 1.94 bits per heavy atom. The normalized spacial score (nSPS) is 9.94. The highest BCUT2D eigenvalue weighted by atomic mass is 16.1. The Labute approximate surface area is 99.5 Å². The number of aryl methyl sites for hydroxylation is 1. The zero-order chi connectivity index (χ0) is 12.3. The Morgan fingerprint density at radius 1 is 1.24 bits per heavy atom. The summed E-state index contributed by atoms with van der Waals surface area (Å²) < 4.78 is 0. The summed E-state index contributed by atoms with van der Waals surface area (Å²) in [6, 6.07) is 8.74. The van der Waals surface area contributed by atoms with Crippen molar-refractivity contribution < 1.29 is 4.79 Å². The molecule has 2 aromatic rings. The molecule has 4 nitrogen and oxygen atoms in total. The van der Waals surface area contributed by atoms with Gasteiger partial charge in [-0.1, -0.05) is 0 Å². The van der Waals surface area contributed by atoms with Crippen molar-refractivity contribution in [1.82, 2.24) is 4.98 Å². The van der Waals surface area contributed by atoms with Crippen LogP contribution in [-0.4, -0.2) is 10.9 Å². The van der Waals surface area contributed by atoms with E-state index in [0.717, 1.165) is 5.56 Å². The Morgan fingerprint density at radius 3 is 2.59 bits per heavy atom. The van der Waals surface area contributed by atoms with Gasteiger partial charge in [0.1, 0.15) is 0 Å². The van der Waals surface area contributed by atoms with E-state index in [0.29, 0.717) is 16.9 Å². The standard InChI is InChI=1S/C13H13N3O/c1-9-6-10(8-11(14)7-9)13(17)16-12-2-4-15-5-3-12/h2-8H,14H2,1H3,(H,15,16,17). The quantitative estimate of drug-likeness (QED) is 0.773. The van der Waals surface area contributed by atoms with Crippen molar-refractivity contribution >= 4 is 17.3 Å². The fourth-order valence-corrected chi connectivity index (χ4v) is 1.58. The molecule has 0 radical (unpaired) electrons. The number of amides is 1. The van der Waals surface area contributed by atoms with Gasteiger partial charge in [-0.15, -0.1) is 0 Å². The van der Waals surface area contributed by atoms with Gasteiger partial charge in [0.25, 0.3) is 5.91 Å². The van der Waals surface area contributed by atoms with Gasteiger partial charge in [-0.3, -0.25) is 9.78 Å². The zero-order valence-corrected chi connectivity index (χ0v) is 9.47. The number of aromatic nitrogens is 1. The van der Waals surface area contributed by atoms with Crippen molar-refractivity contribution in [1.29, 1.82) is 0 Å². The van der Waals surface area contributed by atoms with E-state index in [2.05, 4.69) is 10.3 Å². The third-order valence-corrected chi connectivity index (χ3v) is 2.30. The van der Waals surface area contributed by atoms with Crippen molar-refractivity contribution in [3.05, 3.63) is 53.9 Å². The molecule has 0 aliphatic rings. The SMILES string of the molecule is Cc1cc(N)cc(C(=O)Nc2ccncc2)c1. The Kier molecular flexibility index (Phi) is 3.05. The number of nitrogens with zero attached hydrogens (tertiary/aromatic N) is 1. The molecule has 0 bridgehead atoms. The van der Waals surface area contributed by atoms with E-state index in [1.165, 1.54) is 0 Å². The van der Waals surface area contributed by atoms with Gasteiger partial charge < -0.3 is 11.1 Å². The van der Waals surface area contributed by atoms with Crippen LogP contribution in [0.1, 0.15) is 15.9 Å². The number of nitrogens with two attached hydrogens (primary N) is 1. The van der Waals surface area contributed by atoms with Crippen molar-refractivity contribution in [3.63, 3.8) is 0 Å². The van der Waals surface area contributed by atoms with Crippen molar-refractivity contribution in [2.45, 2.75) is 6.92 Å². The Balaban J connectivity index is 2.20. The summed E-state index contributed by atoms with van der Waals surface area (Å²) in [7, 11) is 0. The molecule has 0 saturated carbocycles. The first-order valence-electron chi connectivity index (χ1n) is 5.24. The fraction of sp³-hybridized carbons (Fsp3) is 0.0769.